The molecule has 0 aliphatic carbocycles. The summed E-state index contributed by atoms with van der Waals surface area (Å²) < 4.78 is 11.9. The predicted octanol–water partition coefficient (Wildman–Crippen LogP) is 1.75. The quantitative estimate of drug-likeness (QED) is 0.862. The second-order valence-electron chi connectivity index (χ2n) is 4.09. The minimum absolute atomic E-state index is 0.0813. The van der Waals surface area contributed by atoms with Gasteiger partial charge >= 0.3 is 5.76 Å². The molecule has 1 aromatic carbocycles. The smallest absolute Gasteiger partial charge is 0.423 e. The molecule has 1 N–H and O–H groups in total. The van der Waals surface area contributed by atoms with Crippen LogP contribution in [-0.2, 0) is 6.42 Å². The largest absolute Gasteiger partial charge is 0.494 e. The van der Waals surface area contributed by atoms with Gasteiger partial charge in [0.05, 0.1) is 18.5 Å². The van der Waals surface area contributed by atoms with Gasteiger partial charge in [0.1, 0.15) is 11.5 Å². The van der Waals surface area contributed by atoms with E-state index in [0.29, 0.717) is 25.2 Å². The van der Waals surface area contributed by atoms with Gasteiger partial charge in [0, 0.05) is 13.0 Å². The Labute approximate surface area is 111 Å². The molecule has 0 atom stereocenters. The Kier molecular flexibility index (Phi) is 4.41. The van der Waals surface area contributed by atoms with E-state index in [0.717, 1.165) is 11.4 Å². The molecule has 0 aliphatic heterocycles. The number of benzene rings is 1. The molecule has 0 spiro atoms. The summed E-state index contributed by atoms with van der Waals surface area (Å²) in [5.74, 6) is 0.924. The molecule has 2 rings (SSSR count). The summed E-state index contributed by atoms with van der Waals surface area (Å²) in [7, 11) is 0. The van der Waals surface area contributed by atoms with Crippen LogP contribution in [0.1, 0.15) is 19.1 Å². The highest BCUT2D eigenvalue weighted by molar-refractivity contribution is 5.37. The van der Waals surface area contributed by atoms with Crippen LogP contribution in [0, 0.1) is 0 Å². The maximum absolute atomic E-state index is 11.7. The van der Waals surface area contributed by atoms with Gasteiger partial charge in [-0.1, -0.05) is 0 Å². The first-order chi connectivity index (χ1) is 9.24. The van der Waals surface area contributed by atoms with Gasteiger partial charge in [-0.15, -0.1) is 0 Å². The van der Waals surface area contributed by atoms with Crippen LogP contribution in [0.5, 0.6) is 5.75 Å². The summed E-state index contributed by atoms with van der Waals surface area (Å²) in [4.78, 5) is 11.7. The zero-order valence-electron chi connectivity index (χ0n) is 10.8. The summed E-state index contributed by atoms with van der Waals surface area (Å²) in [5, 5.41) is 8.76. The van der Waals surface area contributed by atoms with E-state index < -0.39 is 5.76 Å². The van der Waals surface area contributed by atoms with Crippen LogP contribution < -0.4 is 10.5 Å². The predicted molar refractivity (Wildman–Crippen MR) is 70.9 cm³/mol. The van der Waals surface area contributed by atoms with Crippen molar-refractivity contribution in [3.05, 3.63) is 46.8 Å². The van der Waals surface area contributed by atoms with Crippen LogP contribution in [0.15, 0.2) is 39.7 Å². The third-order valence-corrected chi connectivity index (χ3v) is 2.70. The molecule has 5 heteroatoms. The number of oxazole rings is 1. The molecule has 0 aliphatic rings. The van der Waals surface area contributed by atoms with Crippen molar-refractivity contribution in [2.45, 2.75) is 19.8 Å². The fraction of sp³-hybridized carbons (Fsp3) is 0.357. The highest BCUT2D eigenvalue weighted by Gasteiger charge is 2.07. The molecule has 5 nitrogen and oxygen atoms in total. The molecule has 1 heterocycles. The van der Waals surface area contributed by atoms with Crippen LogP contribution in [0.2, 0.25) is 0 Å². The Morgan fingerprint density at radius 3 is 2.68 bits per heavy atom. The minimum Gasteiger partial charge on any atom is -0.494 e. The van der Waals surface area contributed by atoms with Crippen molar-refractivity contribution in [1.29, 1.82) is 0 Å². The Hall–Kier alpha value is -2.01. The first-order valence-corrected chi connectivity index (χ1v) is 6.30. The molecule has 102 valence electrons. The number of aromatic nitrogens is 1. The third kappa shape index (κ3) is 3.26. The summed E-state index contributed by atoms with van der Waals surface area (Å²) in [5.41, 5.74) is 0.729. The van der Waals surface area contributed by atoms with Crippen LogP contribution >= 0.6 is 0 Å². The van der Waals surface area contributed by atoms with Crippen LogP contribution in [0.4, 0.5) is 0 Å². The Bertz CT molecular complexity index is 568. The lowest BCUT2D eigenvalue weighted by Crippen LogP contribution is -2.10. The zero-order valence-corrected chi connectivity index (χ0v) is 10.8. The van der Waals surface area contributed by atoms with E-state index in [9.17, 15) is 4.79 Å². The van der Waals surface area contributed by atoms with Crippen molar-refractivity contribution in [2.24, 2.45) is 0 Å². The van der Waals surface area contributed by atoms with Gasteiger partial charge < -0.3 is 14.3 Å². The minimum atomic E-state index is -0.419. The summed E-state index contributed by atoms with van der Waals surface area (Å²) in [6, 6.07) is 7.23. The van der Waals surface area contributed by atoms with E-state index in [-0.39, 0.29) is 6.61 Å². The molecular formula is C14H17NO4. The number of aliphatic hydroxyl groups excluding tert-OH is 1. The fourth-order valence-corrected chi connectivity index (χ4v) is 1.80. The molecule has 0 amide bonds. The summed E-state index contributed by atoms with van der Waals surface area (Å²) in [6.45, 7) is 2.61. The number of nitrogens with zero attached hydrogens (tertiary/aromatic N) is 1. The lowest BCUT2D eigenvalue weighted by molar-refractivity contribution is 0.283. The number of aryl methyl sites for hydroxylation is 1. The maximum atomic E-state index is 11.7. The monoisotopic (exact) mass is 263 g/mol. The topological polar surface area (TPSA) is 64.6 Å². The van der Waals surface area contributed by atoms with Gasteiger partial charge in [-0.3, -0.25) is 0 Å². The normalized spacial score (nSPS) is 10.6. The number of aliphatic hydroxyl groups is 1. The lowest BCUT2D eigenvalue weighted by Gasteiger charge is -2.04. The number of hydrogen-bond donors (Lipinski definition) is 1. The highest BCUT2D eigenvalue weighted by Crippen LogP contribution is 2.15. The first-order valence-electron chi connectivity index (χ1n) is 6.30. The van der Waals surface area contributed by atoms with Crippen LogP contribution in [0.25, 0.3) is 5.69 Å². The second-order valence-corrected chi connectivity index (χ2v) is 4.09. The van der Waals surface area contributed by atoms with Crippen LogP contribution in [0.3, 0.4) is 0 Å². The Balaban J connectivity index is 2.21. The summed E-state index contributed by atoms with van der Waals surface area (Å²) in [6.07, 6.45) is 2.79. The molecule has 1 aromatic heterocycles. The van der Waals surface area contributed by atoms with Gasteiger partial charge in [-0.25, -0.2) is 9.36 Å². The van der Waals surface area contributed by atoms with E-state index in [1.54, 1.807) is 18.3 Å². The zero-order chi connectivity index (χ0) is 13.7. The van der Waals surface area contributed by atoms with E-state index >= 15 is 0 Å². The SMILES string of the molecule is CCOc1ccc(-n2cc(CCCO)oc2=O)cc1. The number of ether oxygens (including phenoxy) is 1. The molecule has 0 radical (unpaired) electrons. The standard InChI is InChI=1S/C14H17NO4/c1-2-18-12-7-5-11(6-8-12)15-10-13(4-3-9-16)19-14(15)17/h5-8,10,16H,2-4,9H2,1H3. The Morgan fingerprint density at radius 2 is 2.05 bits per heavy atom. The van der Waals surface area contributed by atoms with Gasteiger partial charge in [0.15, 0.2) is 0 Å². The van der Waals surface area contributed by atoms with E-state index in [4.69, 9.17) is 14.3 Å². The van der Waals surface area contributed by atoms with Crippen molar-refractivity contribution in [3.8, 4) is 11.4 Å². The molecule has 0 fully saturated rings. The highest BCUT2D eigenvalue weighted by atomic mass is 16.5. The van der Waals surface area contributed by atoms with E-state index in [1.807, 2.05) is 19.1 Å². The van der Waals surface area contributed by atoms with Crippen molar-refractivity contribution in [1.82, 2.24) is 4.57 Å². The van der Waals surface area contributed by atoms with Gasteiger partial charge in [-0.2, -0.15) is 0 Å². The van der Waals surface area contributed by atoms with E-state index in [1.165, 1.54) is 4.57 Å². The molecular weight excluding hydrogens is 246 g/mol. The first kappa shape index (κ1) is 13.4. The fourth-order valence-electron chi connectivity index (χ4n) is 1.80. The molecule has 19 heavy (non-hydrogen) atoms. The lowest BCUT2D eigenvalue weighted by atomic mass is 10.2. The second kappa shape index (κ2) is 6.24. The van der Waals surface area contributed by atoms with Crippen molar-refractivity contribution in [2.75, 3.05) is 13.2 Å². The van der Waals surface area contributed by atoms with Gasteiger partial charge in [0.2, 0.25) is 0 Å². The number of hydrogen-bond acceptors (Lipinski definition) is 4. The van der Waals surface area contributed by atoms with Crippen molar-refractivity contribution >= 4 is 0 Å². The molecule has 0 bridgehead atoms. The van der Waals surface area contributed by atoms with Crippen molar-refractivity contribution in [3.63, 3.8) is 0 Å². The van der Waals surface area contributed by atoms with Gasteiger partial charge in [-0.05, 0) is 37.6 Å². The summed E-state index contributed by atoms with van der Waals surface area (Å²) >= 11 is 0. The average molecular weight is 263 g/mol. The third-order valence-electron chi connectivity index (χ3n) is 2.70. The molecule has 2 aromatic rings. The number of rotatable bonds is 6. The Morgan fingerprint density at radius 1 is 1.32 bits per heavy atom. The molecule has 0 unspecified atom stereocenters. The average Bonchev–Trinajstić information content (AvgIpc) is 2.79. The van der Waals surface area contributed by atoms with Crippen molar-refractivity contribution < 1.29 is 14.3 Å². The van der Waals surface area contributed by atoms with Gasteiger partial charge in [0.25, 0.3) is 0 Å². The maximum Gasteiger partial charge on any atom is 0.423 e. The molecule has 0 saturated carbocycles. The van der Waals surface area contributed by atoms with Crippen LogP contribution in [-0.4, -0.2) is 22.9 Å². The molecule has 0 saturated heterocycles. The van der Waals surface area contributed by atoms with E-state index in [2.05, 4.69) is 0 Å².